The van der Waals surface area contributed by atoms with Crippen LogP contribution in [0.5, 0.6) is 0 Å². The van der Waals surface area contributed by atoms with Crippen LogP contribution < -0.4 is 0 Å². The molecule has 3 aliphatic rings. The van der Waals surface area contributed by atoms with E-state index < -0.39 is 0 Å². The molecular weight excluding hydrogens is 292 g/mol. The summed E-state index contributed by atoms with van der Waals surface area (Å²) >= 11 is 0. The molecular formula is C23H34O. The predicted octanol–water partition coefficient (Wildman–Crippen LogP) is 6.59. The predicted molar refractivity (Wildman–Crippen MR) is 103 cm³/mol. The largest absolute Gasteiger partial charge is 0.501 e. The van der Waals surface area contributed by atoms with Crippen LogP contribution in [0.4, 0.5) is 0 Å². The Balaban J connectivity index is 1.58. The van der Waals surface area contributed by atoms with Gasteiger partial charge in [-0.05, 0) is 75.2 Å². The van der Waals surface area contributed by atoms with Crippen molar-refractivity contribution in [1.82, 2.24) is 0 Å². The number of ether oxygens (including phenoxy) is 1. The zero-order valence-electron chi connectivity index (χ0n) is 16.0. The van der Waals surface area contributed by atoms with Gasteiger partial charge in [-0.2, -0.15) is 0 Å². The Bertz CT molecular complexity index is 575. The van der Waals surface area contributed by atoms with Crippen molar-refractivity contribution in [3.63, 3.8) is 0 Å². The van der Waals surface area contributed by atoms with Gasteiger partial charge in [0.15, 0.2) is 0 Å². The molecule has 0 saturated heterocycles. The molecule has 0 amide bonds. The Kier molecular flexibility index (Phi) is 5.69. The number of hydrogen-bond donors (Lipinski definition) is 0. The normalized spacial score (nSPS) is 33.5. The van der Waals surface area contributed by atoms with Gasteiger partial charge in [0.2, 0.25) is 0 Å². The first-order valence-electron chi connectivity index (χ1n) is 9.91. The number of methoxy groups -OCH3 is 1. The highest BCUT2D eigenvalue weighted by atomic mass is 16.5. The molecule has 0 aromatic heterocycles. The Morgan fingerprint density at radius 3 is 2.75 bits per heavy atom. The third-order valence-corrected chi connectivity index (χ3v) is 6.51. The maximum absolute atomic E-state index is 5.50. The summed E-state index contributed by atoms with van der Waals surface area (Å²) in [4.78, 5) is 0. The molecule has 0 fully saturated rings. The highest BCUT2D eigenvalue weighted by molar-refractivity contribution is 5.30. The van der Waals surface area contributed by atoms with Gasteiger partial charge in [0.1, 0.15) is 0 Å². The van der Waals surface area contributed by atoms with Gasteiger partial charge in [0.05, 0.1) is 12.9 Å². The van der Waals surface area contributed by atoms with Crippen molar-refractivity contribution in [1.29, 1.82) is 0 Å². The molecule has 0 N–H and O–H groups in total. The average molecular weight is 327 g/mol. The van der Waals surface area contributed by atoms with E-state index in [4.69, 9.17) is 4.74 Å². The van der Waals surface area contributed by atoms with E-state index >= 15 is 0 Å². The second-order valence-electron chi connectivity index (χ2n) is 8.15. The third-order valence-electron chi connectivity index (χ3n) is 6.51. The van der Waals surface area contributed by atoms with E-state index in [2.05, 4.69) is 45.1 Å². The molecule has 24 heavy (non-hydrogen) atoms. The van der Waals surface area contributed by atoms with Crippen molar-refractivity contribution in [2.45, 2.75) is 65.7 Å². The fraction of sp³-hybridized carbons (Fsp3) is 0.652. The van der Waals surface area contributed by atoms with Gasteiger partial charge in [0.25, 0.3) is 0 Å². The maximum atomic E-state index is 5.50. The van der Waals surface area contributed by atoms with Crippen LogP contribution in [-0.4, -0.2) is 7.11 Å². The first kappa shape index (κ1) is 17.6. The molecule has 3 rings (SSSR count). The van der Waals surface area contributed by atoms with Gasteiger partial charge >= 0.3 is 0 Å². The summed E-state index contributed by atoms with van der Waals surface area (Å²) < 4.78 is 5.50. The Morgan fingerprint density at radius 2 is 2.04 bits per heavy atom. The molecule has 0 aromatic rings. The smallest absolute Gasteiger partial charge is 0.0918 e. The SMILES string of the molecule is CCC1C=C(OC)CCC1C1=CCC(CC2=CCC(C)C(C)=C2)C1. The van der Waals surface area contributed by atoms with Crippen LogP contribution in [0.25, 0.3) is 0 Å². The van der Waals surface area contributed by atoms with Crippen molar-refractivity contribution < 1.29 is 4.74 Å². The Morgan fingerprint density at radius 1 is 1.21 bits per heavy atom. The number of allylic oxidation sites excluding steroid dienone is 8. The summed E-state index contributed by atoms with van der Waals surface area (Å²) in [7, 11) is 1.82. The molecule has 3 aliphatic carbocycles. The van der Waals surface area contributed by atoms with E-state index in [-0.39, 0.29) is 0 Å². The summed E-state index contributed by atoms with van der Waals surface area (Å²) in [6.45, 7) is 6.95. The second kappa shape index (κ2) is 7.76. The lowest BCUT2D eigenvalue weighted by Gasteiger charge is -2.31. The fourth-order valence-corrected chi connectivity index (χ4v) is 4.74. The lowest BCUT2D eigenvalue weighted by Crippen LogP contribution is -2.20. The van der Waals surface area contributed by atoms with Gasteiger partial charge in [0, 0.05) is 6.42 Å². The van der Waals surface area contributed by atoms with Gasteiger partial charge in [-0.1, -0.05) is 48.8 Å². The average Bonchev–Trinajstić information content (AvgIpc) is 3.05. The van der Waals surface area contributed by atoms with E-state index in [9.17, 15) is 0 Å². The minimum atomic E-state index is 0.676. The van der Waals surface area contributed by atoms with Crippen molar-refractivity contribution in [3.05, 3.63) is 46.8 Å². The minimum Gasteiger partial charge on any atom is -0.501 e. The molecule has 0 aromatic carbocycles. The summed E-state index contributed by atoms with van der Waals surface area (Å²) in [5.41, 5.74) is 4.89. The van der Waals surface area contributed by atoms with E-state index in [0.717, 1.165) is 24.2 Å². The zero-order valence-corrected chi connectivity index (χ0v) is 16.0. The summed E-state index contributed by atoms with van der Waals surface area (Å²) in [5, 5.41) is 0. The van der Waals surface area contributed by atoms with Crippen LogP contribution in [-0.2, 0) is 4.74 Å². The Hall–Kier alpha value is -1.24. The highest BCUT2D eigenvalue weighted by Gasteiger charge is 2.30. The molecule has 0 radical (unpaired) electrons. The summed E-state index contributed by atoms with van der Waals surface area (Å²) in [6.07, 6.45) is 18.6. The molecule has 1 nitrogen and oxygen atoms in total. The van der Waals surface area contributed by atoms with Crippen LogP contribution in [0, 0.1) is 23.7 Å². The van der Waals surface area contributed by atoms with Crippen molar-refractivity contribution >= 4 is 0 Å². The van der Waals surface area contributed by atoms with Crippen LogP contribution in [0.15, 0.2) is 46.8 Å². The Labute approximate surface area is 148 Å². The highest BCUT2D eigenvalue weighted by Crippen LogP contribution is 2.43. The second-order valence-corrected chi connectivity index (χ2v) is 8.15. The summed E-state index contributed by atoms with van der Waals surface area (Å²) in [6, 6.07) is 0. The fourth-order valence-electron chi connectivity index (χ4n) is 4.74. The first-order valence-corrected chi connectivity index (χ1v) is 9.91. The molecule has 132 valence electrons. The third kappa shape index (κ3) is 3.87. The molecule has 0 bridgehead atoms. The lowest BCUT2D eigenvalue weighted by atomic mass is 9.76. The standard InChI is InChI=1S/C23H34O/c1-5-20-15-22(24-4)10-11-23(20)21-9-8-19(14-21)13-18-7-6-16(2)17(3)12-18/h7,9,12,15-16,19-20,23H,5-6,8,10-11,13-14H2,1-4H3. The van der Waals surface area contributed by atoms with Gasteiger partial charge in [-0.25, -0.2) is 0 Å². The maximum Gasteiger partial charge on any atom is 0.0918 e. The minimum absolute atomic E-state index is 0.676. The molecule has 4 atom stereocenters. The van der Waals surface area contributed by atoms with Gasteiger partial charge in [-0.3, -0.25) is 0 Å². The van der Waals surface area contributed by atoms with Crippen LogP contribution in [0.3, 0.4) is 0 Å². The monoisotopic (exact) mass is 326 g/mol. The zero-order chi connectivity index (χ0) is 17.1. The van der Waals surface area contributed by atoms with E-state index in [1.54, 1.807) is 16.7 Å². The molecule has 0 saturated carbocycles. The molecule has 0 aliphatic heterocycles. The number of rotatable bonds is 5. The van der Waals surface area contributed by atoms with E-state index in [1.807, 2.05) is 7.11 Å². The molecule has 0 heterocycles. The van der Waals surface area contributed by atoms with Gasteiger partial charge in [-0.15, -0.1) is 0 Å². The first-order chi connectivity index (χ1) is 11.6. The quantitative estimate of drug-likeness (QED) is 0.518. The molecule has 4 unspecified atom stereocenters. The van der Waals surface area contributed by atoms with Crippen LogP contribution in [0.1, 0.15) is 65.7 Å². The van der Waals surface area contributed by atoms with Crippen molar-refractivity contribution in [2.24, 2.45) is 23.7 Å². The molecule has 0 spiro atoms. The lowest BCUT2D eigenvalue weighted by molar-refractivity contribution is 0.238. The van der Waals surface area contributed by atoms with E-state index in [0.29, 0.717) is 5.92 Å². The van der Waals surface area contributed by atoms with Gasteiger partial charge < -0.3 is 4.74 Å². The van der Waals surface area contributed by atoms with Crippen LogP contribution >= 0.6 is 0 Å². The van der Waals surface area contributed by atoms with Crippen molar-refractivity contribution in [3.8, 4) is 0 Å². The number of hydrogen-bond acceptors (Lipinski definition) is 1. The van der Waals surface area contributed by atoms with Crippen LogP contribution in [0.2, 0.25) is 0 Å². The molecule has 1 heteroatoms. The summed E-state index contributed by atoms with van der Waals surface area (Å²) in [5.74, 6) is 4.21. The van der Waals surface area contributed by atoms with Crippen molar-refractivity contribution in [2.75, 3.05) is 7.11 Å². The van der Waals surface area contributed by atoms with E-state index in [1.165, 1.54) is 44.3 Å². The topological polar surface area (TPSA) is 9.23 Å².